The lowest BCUT2D eigenvalue weighted by atomic mass is 10.2. The minimum atomic E-state index is -0.308. The minimum absolute atomic E-state index is 0.0879. The Morgan fingerprint density at radius 2 is 1.84 bits per heavy atom. The molecule has 31 heavy (non-hydrogen) atoms. The number of hydrogen-bond donors (Lipinski definition) is 3. The minimum Gasteiger partial charge on any atom is -0.495 e. The molecule has 1 saturated carbocycles. The molecular formula is C22H33N5O4. The van der Waals surface area contributed by atoms with E-state index in [1.807, 2.05) is 30.9 Å². The van der Waals surface area contributed by atoms with Gasteiger partial charge in [0.2, 0.25) is 17.7 Å². The van der Waals surface area contributed by atoms with E-state index in [0.717, 1.165) is 31.5 Å². The molecule has 2 aliphatic rings. The van der Waals surface area contributed by atoms with Crippen molar-refractivity contribution in [1.29, 1.82) is 0 Å². The molecule has 0 aromatic heterocycles. The molecule has 1 aliphatic carbocycles. The van der Waals surface area contributed by atoms with Gasteiger partial charge < -0.3 is 20.7 Å². The number of amides is 3. The molecule has 1 atom stereocenters. The monoisotopic (exact) mass is 431 g/mol. The second-order valence-electron chi connectivity index (χ2n) is 8.30. The summed E-state index contributed by atoms with van der Waals surface area (Å²) < 4.78 is 5.25. The first kappa shape index (κ1) is 23.0. The summed E-state index contributed by atoms with van der Waals surface area (Å²) in [6.45, 7) is 6.88. The number of carbonyl (C=O) groups is 3. The van der Waals surface area contributed by atoms with Crippen molar-refractivity contribution < 1.29 is 19.1 Å². The maximum Gasteiger partial charge on any atom is 0.243 e. The fourth-order valence-electron chi connectivity index (χ4n) is 3.58. The molecule has 0 spiro atoms. The van der Waals surface area contributed by atoms with Gasteiger partial charge in [-0.05, 0) is 44.4 Å². The molecule has 2 fully saturated rings. The van der Waals surface area contributed by atoms with Crippen molar-refractivity contribution >= 4 is 23.4 Å². The van der Waals surface area contributed by atoms with E-state index in [1.54, 1.807) is 13.2 Å². The summed E-state index contributed by atoms with van der Waals surface area (Å²) in [5, 5.41) is 8.49. The molecule has 1 aromatic rings. The highest BCUT2D eigenvalue weighted by Gasteiger charge is 2.30. The van der Waals surface area contributed by atoms with Crippen LogP contribution in [0.15, 0.2) is 18.2 Å². The molecule has 170 valence electrons. The summed E-state index contributed by atoms with van der Waals surface area (Å²) in [7, 11) is 1.54. The van der Waals surface area contributed by atoms with Gasteiger partial charge >= 0.3 is 0 Å². The third kappa shape index (κ3) is 6.93. The molecule has 1 aromatic carbocycles. The van der Waals surface area contributed by atoms with Crippen LogP contribution in [0.5, 0.6) is 5.75 Å². The van der Waals surface area contributed by atoms with Crippen molar-refractivity contribution in [3.63, 3.8) is 0 Å². The number of piperazine rings is 1. The lowest BCUT2D eigenvalue weighted by Crippen LogP contribution is -2.55. The predicted octanol–water partition coefficient (Wildman–Crippen LogP) is 0.343. The molecule has 9 nitrogen and oxygen atoms in total. The average molecular weight is 432 g/mol. The summed E-state index contributed by atoms with van der Waals surface area (Å²) in [6.07, 6.45) is 2.16. The number of methoxy groups -OCH3 is 1. The first-order valence-electron chi connectivity index (χ1n) is 10.8. The Bertz CT molecular complexity index is 803. The number of benzene rings is 1. The van der Waals surface area contributed by atoms with Crippen LogP contribution in [0, 0.1) is 6.92 Å². The van der Waals surface area contributed by atoms with Crippen LogP contribution in [0.3, 0.4) is 0 Å². The molecule has 3 N–H and O–H groups in total. The molecule has 0 bridgehead atoms. The van der Waals surface area contributed by atoms with Crippen molar-refractivity contribution in [2.24, 2.45) is 0 Å². The van der Waals surface area contributed by atoms with Crippen LogP contribution in [-0.2, 0) is 14.4 Å². The van der Waals surface area contributed by atoms with E-state index in [4.69, 9.17) is 4.74 Å². The first-order valence-corrected chi connectivity index (χ1v) is 10.8. The number of rotatable bonds is 9. The molecule has 1 saturated heterocycles. The van der Waals surface area contributed by atoms with E-state index in [0.29, 0.717) is 30.6 Å². The SMILES string of the molecule is COc1ccc(C)cc1NC(=O)CNC(=O)CN1CCN(C(C)C(=O)NC2CC2)CC1. The summed E-state index contributed by atoms with van der Waals surface area (Å²) in [5.74, 6) is 0.157. The molecular weight excluding hydrogens is 398 g/mol. The van der Waals surface area contributed by atoms with Crippen molar-refractivity contribution in [3.05, 3.63) is 23.8 Å². The van der Waals surface area contributed by atoms with Gasteiger partial charge in [-0.25, -0.2) is 0 Å². The Morgan fingerprint density at radius 3 is 2.48 bits per heavy atom. The molecule has 3 rings (SSSR count). The van der Waals surface area contributed by atoms with Crippen LogP contribution in [0.1, 0.15) is 25.3 Å². The van der Waals surface area contributed by atoms with Gasteiger partial charge in [-0.2, -0.15) is 0 Å². The number of carbonyl (C=O) groups excluding carboxylic acids is 3. The molecule has 1 unspecified atom stereocenters. The first-order chi connectivity index (χ1) is 14.9. The van der Waals surface area contributed by atoms with Crippen molar-refractivity contribution in [1.82, 2.24) is 20.4 Å². The fraction of sp³-hybridized carbons (Fsp3) is 0.591. The summed E-state index contributed by atoms with van der Waals surface area (Å²) in [5.41, 5.74) is 1.58. The number of anilines is 1. The quantitative estimate of drug-likeness (QED) is 0.521. The van der Waals surface area contributed by atoms with Crippen LogP contribution in [0.4, 0.5) is 5.69 Å². The highest BCUT2D eigenvalue weighted by Crippen LogP contribution is 2.25. The third-order valence-corrected chi connectivity index (χ3v) is 5.70. The standard InChI is InChI=1S/C22H33N5O4/c1-15-4-7-19(31-3)18(12-15)25-20(28)13-23-21(29)14-26-8-10-27(11-9-26)16(2)22(30)24-17-5-6-17/h4,7,12,16-17H,5-6,8-11,13-14H2,1-3H3,(H,23,29)(H,24,30)(H,25,28). The summed E-state index contributed by atoms with van der Waals surface area (Å²) >= 11 is 0. The highest BCUT2D eigenvalue weighted by molar-refractivity contribution is 5.96. The van der Waals surface area contributed by atoms with E-state index in [1.165, 1.54) is 0 Å². The maximum atomic E-state index is 12.3. The number of hydrogen-bond acceptors (Lipinski definition) is 6. The van der Waals surface area contributed by atoms with Crippen molar-refractivity contribution in [2.75, 3.05) is 51.7 Å². The van der Waals surface area contributed by atoms with E-state index in [-0.39, 0.29) is 36.9 Å². The predicted molar refractivity (Wildman–Crippen MR) is 118 cm³/mol. The zero-order valence-electron chi connectivity index (χ0n) is 18.6. The Hall–Kier alpha value is -2.65. The number of nitrogens with zero attached hydrogens (tertiary/aromatic N) is 2. The van der Waals surface area contributed by atoms with E-state index in [9.17, 15) is 14.4 Å². The van der Waals surface area contributed by atoms with Crippen molar-refractivity contribution in [3.8, 4) is 5.75 Å². The van der Waals surface area contributed by atoms with Crippen LogP contribution >= 0.6 is 0 Å². The van der Waals surface area contributed by atoms with E-state index >= 15 is 0 Å². The Balaban J connectivity index is 1.36. The lowest BCUT2D eigenvalue weighted by molar-refractivity contribution is -0.128. The smallest absolute Gasteiger partial charge is 0.243 e. The second kappa shape index (κ2) is 10.6. The Morgan fingerprint density at radius 1 is 1.13 bits per heavy atom. The number of ether oxygens (including phenoxy) is 1. The number of nitrogens with one attached hydrogen (secondary N) is 3. The van der Waals surface area contributed by atoms with E-state index in [2.05, 4.69) is 20.9 Å². The average Bonchev–Trinajstić information content (AvgIpc) is 3.56. The zero-order valence-corrected chi connectivity index (χ0v) is 18.6. The number of aryl methyl sites for hydroxylation is 1. The Labute approximate surface area is 183 Å². The fourth-order valence-corrected chi connectivity index (χ4v) is 3.58. The van der Waals surface area contributed by atoms with Gasteiger partial charge in [0, 0.05) is 32.2 Å². The van der Waals surface area contributed by atoms with Gasteiger partial charge in [0.05, 0.1) is 31.9 Å². The van der Waals surface area contributed by atoms with Crippen LogP contribution < -0.4 is 20.7 Å². The van der Waals surface area contributed by atoms with Crippen LogP contribution in [0.2, 0.25) is 0 Å². The third-order valence-electron chi connectivity index (χ3n) is 5.70. The zero-order chi connectivity index (χ0) is 22.4. The second-order valence-corrected chi connectivity index (χ2v) is 8.30. The van der Waals surface area contributed by atoms with Gasteiger partial charge in [-0.1, -0.05) is 6.07 Å². The molecule has 1 aliphatic heterocycles. The molecule has 9 heteroatoms. The maximum absolute atomic E-state index is 12.3. The molecule has 1 heterocycles. The van der Waals surface area contributed by atoms with Gasteiger partial charge in [-0.3, -0.25) is 24.2 Å². The summed E-state index contributed by atoms with van der Waals surface area (Å²) in [6, 6.07) is 5.72. The molecule has 0 radical (unpaired) electrons. The van der Waals surface area contributed by atoms with Gasteiger partial charge in [0.25, 0.3) is 0 Å². The van der Waals surface area contributed by atoms with E-state index < -0.39 is 0 Å². The lowest BCUT2D eigenvalue weighted by Gasteiger charge is -2.37. The van der Waals surface area contributed by atoms with Gasteiger partial charge in [-0.15, -0.1) is 0 Å². The summed E-state index contributed by atoms with van der Waals surface area (Å²) in [4.78, 5) is 40.9. The highest BCUT2D eigenvalue weighted by atomic mass is 16.5. The van der Waals surface area contributed by atoms with Crippen LogP contribution in [-0.4, -0.2) is 86.0 Å². The Kier molecular flexibility index (Phi) is 7.86. The normalized spacial score (nSPS) is 18.2. The van der Waals surface area contributed by atoms with Crippen molar-refractivity contribution in [2.45, 2.75) is 38.8 Å². The topological polar surface area (TPSA) is 103 Å². The van der Waals surface area contributed by atoms with Gasteiger partial charge in [0.15, 0.2) is 0 Å². The molecule has 3 amide bonds. The largest absolute Gasteiger partial charge is 0.495 e. The van der Waals surface area contributed by atoms with Crippen LogP contribution in [0.25, 0.3) is 0 Å². The van der Waals surface area contributed by atoms with Gasteiger partial charge in [0.1, 0.15) is 5.75 Å².